The molecule has 5 nitrogen and oxygen atoms in total. The van der Waals surface area contributed by atoms with Crippen molar-refractivity contribution < 1.29 is 4.79 Å². The summed E-state index contributed by atoms with van der Waals surface area (Å²) >= 11 is 9.33. The number of nitrogens with zero attached hydrogens (tertiary/aromatic N) is 3. The molecule has 152 valence electrons. The lowest BCUT2D eigenvalue weighted by atomic mass is 10.2. The average Bonchev–Trinajstić information content (AvgIpc) is 3.31. The Kier molecular flexibility index (Phi) is 6.52. The van der Waals surface area contributed by atoms with Crippen molar-refractivity contribution in [2.24, 2.45) is 5.10 Å². The SMILES string of the molecule is Cc1ccsc1/C=N/NC(=O)CSc1nc2ccccc2n1Cc1ccccc1Cl. The second-order valence-corrected chi connectivity index (χ2v) is 8.91. The van der Waals surface area contributed by atoms with Gasteiger partial charge in [0, 0.05) is 9.90 Å². The number of thiophene rings is 1. The first-order valence-corrected chi connectivity index (χ1v) is 11.5. The minimum atomic E-state index is -0.179. The fourth-order valence-electron chi connectivity index (χ4n) is 2.96. The monoisotopic (exact) mass is 454 g/mol. The lowest BCUT2D eigenvalue weighted by Crippen LogP contribution is -2.20. The van der Waals surface area contributed by atoms with Crippen LogP contribution in [0.5, 0.6) is 0 Å². The summed E-state index contributed by atoms with van der Waals surface area (Å²) < 4.78 is 2.09. The lowest BCUT2D eigenvalue weighted by Gasteiger charge is -2.10. The predicted molar refractivity (Wildman–Crippen MR) is 126 cm³/mol. The van der Waals surface area contributed by atoms with E-state index in [4.69, 9.17) is 16.6 Å². The molecular weight excluding hydrogens is 436 g/mol. The van der Waals surface area contributed by atoms with Crippen LogP contribution in [0.3, 0.4) is 0 Å². The van der Waals surface area contributed by atoms with E-state index in [0.717, 1.165) is 32.2 Å². The fraction of sp³-hybridized carbons (Fsp3) is 0.136. The van der Waals surface area contributed by atoms with E-state index in [2.05, 4.69) is 15.1 Å². The first-order chi connectivity index (χ1) is 14.6. The van der Waals surface area contributed by atoms with Crippen molar-refractivity contribution in [3.05, 3.63) is 81.0 Å². The molecule has 0 saturated carbocycles. The van der Waals surface area contributed by atoms with E-state index < -0.39 is 0 Å². The number of imidazole rings is 1. The van der Waals surface area contributed by atoms with Gasteiger partial charge >= 0.3 is 0 Å². The van der Waals surface area contributed by atoms with Gasteiger partial charge in [-0.15, -0.1) is 11.3 Å². The molecule has 4 aromatic rings. The number of halogens is 1. The summed E-state index contributed by atoms with van der Waals surface area (Å²) in [5.74, 6) is 0.0360. The van der Waals surface area contributed by atoms with Crippen molar-refractivity contribution in [3.63, 3.8) is 0 Å². The van der Waals surface area contributed by atoms with Gasteiger partial charge in [-0.2, -0.15) is 5.10 Å². The summed E-state index contributed by atoms with van der Waals surface area (Å²) in [7, 11) is 0. The van der Waals surface area contributed by atoms with Crippen molar-refractivity contribution in [2.75, 3.05) is 5.75 Å². The minimum absolute atomic E-state index is 0.179. The van der Waals surface area contributed by atoms with E-state index in [1.807, 2.05) is 66.9 Å². The standard InChI is InChI=1S/C22H19ClN4OS2/c1-15-10-11-29-20(15)12-24-26-21(28)14-30-22-25-18-8-4-5-9-19(18)27(22)13-16-6-2-3-7-17(16)23/h2-12H,13-14H2,1H3,(H,26,28)/b24-12+. The third-order valence-electron chi connectivity index (χ3n) is 4.51. The van der Waals surface area contributed by atoms with Gasteiger partial charge in [0.2, 0.25) is 0 Å². The molecule has 2 aromatic carbocycles. The van der Waals surface area contributed by atoms with Crippen LogP contribution in [0.15, 0.2) is 70.2 Å². The zero-order valence-corrected chi connectivity index (χ0v) is 18.6. The molecule has 30 heavy (non-hydrogen) atoms. The molecule has 0 bridgehead atoms. The average molecular weight is 455 g/mol. The Labute approximate surface area is 187 Å². The molecule has 1 amide bonds. The summed E-state index contributed by atoms with van der Waals surface area (Å²) in [5.41, 5.74) is 6.63. The minimum Gasteiger partial charge on any atom is -0.314 e. The topological polar surface area (TPSA) is 59.3 Å². The molecule has 8 heteroatoms. The van der Waals surface area contributed by atoms with E-state index in [0.29, 0.717) is 11.6 Å². The quantitative estimate of drug-likeness (QED) is 0.232. The molecule has 0 fully saturated rings. The van der Waals surface area contributed by atoms with Gasteiger partial charge in [-0.25, -0.2) is 10.4 Å². The van der Waals surface area contributed by atoms with Crippen molar-refractivity contribution in [1.82, 2.24) is 15.0 Å². The van der Waals surface area contributed by atoms with Gasteiger partial charge in [0.1, 0.15) is 0 Å². The second-order valence-electron chi connectivity index (χ2n) is 6.61. The van der Waals surface area contributed by atoms with E-state index in [1.54, 1.807) is 17.6 Å². The largest absolute Gasteiger partial charge is 0.314 e. The van der Waals surface area contributed by atoms with Crippen molar-refractivity contribution >= 4 is 57.9 Å². The Morgan fingerprint density at radius 2 is 2.03 bits per heavy atom. The van der Waals surface area contributed by atoms with Gasteiger partial charge in [0.05, 0.1) is 29.5 Å². The summed E-state index contributed by atoms with van der Waals surface area (Å²) in [6, 6.07) is 17.7. The maximum atomic E-state index is 12.3. The van der Waals surface area contributed by atoms with Crippen LogP contribution in [-0.2, 0) is 11.3 Å². The molecule has 2 heterocycles. The van der Waals surface area contributed by atoms with Crippen LogP contribution in [0, 0.1) is 6.92 Å². The Hall–Kier alpha value is -2.61. The molecule has 0 spiro atoms. The van der Waals surface area contributed by atoms with Gasteiger partial charge in [0.15, 0.2) is 5.16 Å². The third-order valence-corrected chi connectivity index (χ3v) is 6.81. The zero-order chi connectivity index (χ0) is 20.9. The summed E-state index contributed by atoms with van der Waals surface area (Å²) in [6.07, 6.45) is 1.68. The summed E-state index contributed by atoms with van der Waals surface area (Å²) in [5, 5.41) is 7.54. The molecule has 1 N–H and O–H groups in total. The van der Waals surface area contributed by atoms with Gasteiger partial charge in [-0.3, -0.25) is 4.79 Å². The van der Waals surface area contributed by atoms with Crippen LogP contribution >= 0.6 is 34.7 Å². The van der Waals surface area contributed by atoms with Crippen LogP contribution in [0.1, 0.15) is 16.0 Å². The molecule has 0 aliphatic rings. The van der Waals surface area contributed by atoms with Gasteiger partial charge in [-0.1, -0.05) is 53.7 Å². The van der Waals surface area contributed by atoms with Gasteiger partial charge < -0.3 is 4.57 Å². The fourth-order valence-corrected chi connectivity index (χ4v) is 4.74. The number of para-hydroxylation sites is 2. The van der Waals surface area contributed by atoms with E-state index >= 15 is 0 Å². The molecule has 2 aromatic heterocycles. The number of rotatable bonds is 7. The van der Waals surface area contributed by atoms with Gasteiger partial charge in [-0.05, 0) is 47.7 Å². The van der Waals surface area contributed by atoms with Crippen LogP contribution in [0.2, 0.25) is 5.02 Å². The number of aryl methyl sites for hydroxylation is 1. The Balaban J connectivity index is 1.48. The molecule has 0 unspecified atom stereocenters. The van der Waals surface area contributed by atoms with Gasteiger partial charge in [0.25, 0.3) is 5.91 Å². The maximum absolute atomic E-state index is 12.3. The highest BCUT2D eigenvalue weighted by molar-refractivity contribution is 7.99. The molecule has 0 saturated heterocycles. The van der Waals surface area contributed by atoms with Crippen LogP contribution in [0.4, 0.5) is 0 Å². The molecule has 0 atom stereocenters. The molecule has 0 aliphatic heterocycles. The van der Waals surface area contributed by atoms with E-state index in [-0.39, 0.29) is 11.7 Å². The van der Waals surface area contributed by atoms with Crippen LogP contribution in [0.25, 0.3) is 11.0 Å². The number of fused-ring (bicyclic) bond motifs is 1. The second kappa shape index (κ2) is 9.47. The maximum Gasteiger partial charge on any atom is 0.250 e. The highest BCUT2D eigenvalue weighted by atomic mass is 35.5. The normalized spacial score (nSPS) is 11.4. The number of hydrazone groups is 1. The molecule has 0 aliphatic carbocycles. The molecular formula is C22H19ClN4OS2. The van der Waals surface area contributed by atoms with E-state index in [1.165, 1.54) is 11.8 Å². The number of benzene rings is 2. The third kappa shape index (κ3) is 4.75. The zero-order valence-electron chi connectivity index (χ0n) is 16.2. The Bertz CT molecular complexity index is 1210. The highest BCUT2D eigenvalue weighted by Crippen LogP contribution is 2.27. The summed E-state index contributed by atoms with van der Waals surface area (Å²) in [6.45, 7) is 2.60. The number of aromatic nitrogens is 2. The number of carbonyl (C=O) groups excluding carboxylic acids is 1. The Morgan fingerprint density at radius 3 is 2.83 bits per heavy atom. The van der Waals surface area contributed by atoms with E-state index in [9.17, 15) is 4.79 Å². The summed E-state index contributed by atoms with van der Waals surface area (Å²) in [4.78, 5) is 18.0. The van der Waals surface area contributed by atoms with Crippen molar-refractivity contribution in [2.45, 2.75) is 18.6 Å². The Morgan fingerprint density at radius 1 is 1.23 bits per heavy atom. The molecule has 0 radical (unpaired) electrons. The predicted octanol–water partition coefficient (Wildman–Crippen LogP) is 5.35. The number of carbonyl (C=O) groups is 1. The number of thioether (sulfide) groups is 1. The van der Waals surface area contributed by atoms with Crippen LogP contribution < -0.4 is 5.43 Å². The lowest BCUT2D eigenvalue weighted by molar-refractivity contribution is -0.118. The smallest absolute Gasteiger partial charge is 0.250 e. The number of hydrogen-bond donors (Lipinski definition) is 1. The van der Waals surface area contributed by atoms with Crippen molar-refractivity contribution in [3.8, 4) is 0 Å². The first kappa shape index (κ1) is 20.7. The number of amides is 1. The highest BCUT2D eigenvalue weighted by Gasteiger charge is 2.14. The number of nitrogens with one attached hydrogen (secondary N) is 1. The van der Waals surface area contributed by atoms with Crippen LogP contribution in [-0.4, -0.2) is 27.4 Å². The number of hydrogen-bond acceptors (Lipinski definition) is 5. The molecule has 4 rings (SSSR count). The first-order valence-electron chi connectivity index (χ1n) is 9.29. The van der Waals surface area contributed by atoms with Crippen molar-refractivity contribution in [1.29, 1.82) is 0 Å².